The van der Waals surface area contributed by atoms with Crippen LogP contribution in [0.2, 0.25) is 0 Å². The smallest absolute Gasteiger partial charge is 0.328 e. The van der Waals surface area contributed by atoms with Crippen LogP contribution in [0.15, 0.2) is 15.8 Å². The van der Waals surface area contributed by atoms with E-state index in [9.17, 15) is 24.3 Å². The van der Waals surface area contributed by atoms with Crippen LogP contribution in [0.4, 0.5) is 0 Å². The topological polar surface area (TPSA) is 122 Å². The van der Waals surface area contributed by atoms with Crippen LogP contribution in [0.3, 0.4) is 0 Å². The van der Waals surface area contributed by atoms with Gasteiger partial charge in [-0.3, -0.25) is 19.1 Å². The maximum atomic E-state index is 12.3. The highest BCUT2D eigenvalue weighted by molar-refractivity contribution is 5.85. The Morgan fingerprint density at radius 3 is 2.77 bits per heavy atom. The predicted octanol–water partition coefficient (Wildman–Crippen LogP) is -2.02. The summed E-state index contributed by atoms with van der Waals surface area (Å²) in [4.78, 5) is 50.2. The molecular weight excluding hydrogens is 294 g/mol. The predicted molar refractivity (Wildman–Crippen MR) is 74.2 cm³/mol. The Morgan fingerprint density at radius 2 is 2.14 bits per heavy atom. The van der Waals surface area contributed by atoms with Crippen LogP contribution in [0.25, 0.3) is 0 Å². The highest BCUT2D eigenvalue weighted by Gasteiger charge is 2.39. The molecule has 1 amide bonds. The molecule has 0 unspecified atom stereocenters. The van der Waals surface area contributed by atoms with Crippen molar-refractivity contribution in [3.8, 4) is 0 Å². The average Bonchev–Trinajstić information content (AvgIpc) is 2.86. The molecule has 1 saturated heterocycles. The van der Waals surface area contributed by atoms with Gasteiger partial charge in [0.05, 0.1) is 13.2 Å². The molecule has 0 radical (unpaired) electrons. The van der Waals surface area contributed by atoms with Crippen molar-refractivity contribution in [1.29, 1.82) is 0 Å². The lowest BCUT2D eigenvalue weighted by molar-refractivity contribution is -0.151. The van der Waals surface area contributed by atoms with Gasteiger partial charge in [0.15, 0.2) is 0 Å². The van der Waals surface area contributed by atoms with Crippen molar-refractivity contribution in [2.75, 3.05) is 13.7 Å². The molecule has 9 nitrogen and oxygen atoms in total. The minimum Gasteiger partial charge on any atom is -0.467 e. The number of carbonyl (C=O) groups excluding carboxylic acids is 2. The fourth-order valence-corrected chi connectivity index (χ4v) is 2.42. The third-order valence-electron chi connectivity index (χ3n) is 3.57. The molecule has 0 aromatic carbocycles. The number of aryl methyl sites for hydroxylation is 1. The lowest BCUT2D eigenvalue weighted by atomic mass is 10.2. The fraction of sp³-hybridized carbons (Fsp3) is 0.538. The zero-order valence-electron chi connectivity index (χ0n) is 12.2. The number of likely N-dealkylation sites (tertiary alicyclic amines) is 1. The minimum atomic E-state index is -0.868. The number of nitrogens with one attached hydrogen (secondary N) is 1. The van der Waals surface area contributed by atoms with E-state index in [-0.39, 0.29) is 19.5 Å². The number of amides is 1. The summed E-state index contributed by atoms with van der Waals surface area (Å²) >= 11 is 0. The monoisotopic (exact) mass is 311 g/mol. The van der Waals surface area contributed by atoms with E-state index in [4.69, 9.17) is 0 Å². The number of ether oxygens (including phenoxy) is 1. The van der Waals surface area contributed by atoms with Crippen molar-refractivity contribution >= 4 is 11.9 Å². The van der Waals surface area contributed by atoms with Crippen LogP contribution in [-0.2, 0) is 20.9 Å². The number of aromatic amines is 1. The molecule has 1 fully saturated rings. The number of aliphatic hydroxyl groups excluding tert-OH is 1. The molecule has 9 heteroatoms. The van der Waals surface area contributed by atoms with E-state index >= 15 is 0 Å². The summed E-state index contributed by atoms with van der Waals surface area (Å²) < 4.78 is 5.67. The summed E-state index contributed by atoms with van der Waals surface area (Å²) in [7, 11) is 1.20. The first-order valence-corrected chi connectivity index (χ1v) is 6.69. The van der Waals surface area contributed by atoms with Gasteiger partial charge >= 0.3 is 11.7 Å². The van der Waals surface area contributed by atoms with Crippen molar-refractivity contribution in [2.45, 2.75) is 32.0 Å². The van der Waals surface area contributed by atoms with Crippen molar-refractivity contribution < 1.29 is 19.4 Å². The van der Waals surface area contributed by atoms with Crippen LogP contribution >= 0.6 is 0 Å². The van der Waals surface area contributed by atoms with Gasteiger partial charge in [0, 0.05) is 24.7 Å². The number of hydrogen-bond acceptors (Lipinski definition) is 6. The van der Waals surface area contributed by atoms with E-state index in [0.717, 1.165) is 4.57 Å². The number of esters is 1. The summed E-state index contributed by atoms with van der Waals surface area (Å²) in [6, 6.07) is -0.868. The van der Waals surface area contributed by atoms with Crippen LogP contribution in [0.5, 0.6) is 0 Å². The van der Waals surface area contributed by atoms with Crippen LogP contribution in [0, 0.1) is 6.92 Å². The molecule has 0 saturated carbocycles. The van der Waals surface area contributed by atoms with E-state index in [0.29, 0.717) is 5.56 Å². The first-order chi connectivity index (χ1) is 10.3. The summed E-state index contributed by atoms with van der Waals surface area (Å²) in [5, 5.41) is 9.65. The van der Waals surface area contributed by atoms with Gasteiger partial charge < -0.3 is 14.7 Å². The van der Waals surface area contributed by atoms with Crippen molar-refractivity contribution in [3.63, 3.8) is 0 Å². The highest BCUT2D eigenvalue weighted by Crippen LogP contribution is 2.19. The quantitative estimate of drug-likeness (QED) is 0.621. The first kappa shape index (κ1) is 16.0. The first-order valence-electron chi connectivity index (χ1n) is 6.69. The second-order valence-electron chi connectivity index (χ2n) is 5.17. The molecule has 0 aliphatic carbocycles. The molecule has 2 atom stereocenters. The van der Waals surface area contributed by atoms with Crippen LogP contribution < -0.4 is 11.2 Å². The number of nitrogens with zero attached hydrogens (tertiary/aromatic N) is 2. The van der Waals surface area contributed by atoms with E-state index in [1.54, 1.807) is 0 Å². The number of rotatable bonds is 3. The summed E-state index contributed by atoms with van der Waals surface area (Å²) in [5.74, 6) is -1.13. The summed E-state index contributed by atoms with van der Waals surface area (Å²) in [6.07, 6.45) is 0.554. The average molecular weight is 311 g/mol. The Balaban J connectivity index is 2.21. The normalized spacial score (nSPS) is 21.0. The molecule has 2 heterocycles. The van der Waals surface area contributed by atoms with Gasteiger partial charge in [0.1, 0.15) is 12.6 Å². The van der Waals surface area contributed by atoms with Gasteiger partial charge in [0.2, 0.25) is 5.91 Å². The van der Waals surface area contributed by atoms with Gasteiger partial charge in [-0.05, 0) is 6.92 Å². The zero-order chi connectivity index (χ0) is 16.4. The zero-order valence-corrected chi connectivity index (χ0v) is 12.2. The Hall–Kier alpha value is -2.42. The van der Waals surface area contributed by atoms with Crippen molar-refractivity contribution in [3.05, 3.63) is 32.6 Å². The van der Waals surface area contributed by atoms with Gasteiger partial charge in [-0.15, -0.1) is 0 Å². The van der Waals surface area contributed by atoms with E-state index in [1.807, 2.05) is 0 Å². The molecule has 1 aromatic rings. The molecule has 1 aromatic heterocycles. The molecule has 2 N–H and O–H groups in total. The van der Waals surface area contributed by atoms with Gasteiger partial charge in [0.25, 0.3) is 5.56 Å². The van der Waals surface area contributed by atoms with E-state index < -0.39 is 35.3 Å². The maximum absolute atomic E-state index is 12.3. The largest absolute Gasteiger partial charge is 0.467 e. The van der Waals surface area contributed by atoms with Crippen LogP contribution in [0.1, 0.15) is 12.0 Å². The second kappa shape index (κ2) is 6.14. The third kappa shape index (κ3) is 3.08. The number of β-amino-alcohol motifs (C(OH)–C–C–N with tert-alkyl or cyclic N) is 1. The number of carbonyl (C=O) groups is 2. The van der Waals surface area contributed by atoms with Crippen molar-refractivity contribution in [2.24, 2.45) is 0 Å². The van der Waals surface area contributed by atoms with Crippen molar-refractivity contribution in [1.82, 2.24) is 14.5 Å². The Morgan fingerprint density at radius 1 is 1.45 bits per heavy atom. The Bertz CT molecular complexity index is 706. The molecule has 1 aliphatic heterocycles. The van der Waals surface area contributed by atoms with Crippen LogP contribution in [-0.4, -0.2) is 57.2 Å². The Kier molecular flexibility index (Phi) is 4.45. The van der Waals surface area contributed by atoms with E-state index in [2.05, 4.69) is 9.72 Å². The molecule has 120 valence electrons. The Labute approximate surface area is 125 Å². The summed E-state index contributed by atoms with van der Waals surface area (Å²) in [5.41, 5.74) is -0.936. The molecule has 0 spiro atoms. The van der Waals surface area contributed by atoms with E-state index in [1.165, 1.54) is 25.1 Å². The number of hydrogen-bond donors (Lipinski definition) is 2. The molecule has 2 rings (SSSR count). The third-order valence-corrected chi connectivity index (χ3v) is 3.57. The van der Waals surface area contributed by atoms with Gasteiger partial charge in [-0.1, -0.05) is 0 Å². The van der Waals surface area contributed by atoms with Gasteiger partial charge in [-0.2, -0.15) is 0 Å². The highest BCUT2D eigenvalue weighted by atomic mass is 16.5. The molecule has 1 aliphatic rings. The second-order valence-corrected chi connectivity index (χ2v) is 5.17. The number of aromatic nitrogens is 2. The standard InChI is InChI=1S/C13H17N3O6/c1-7-4-15(13(21)14-11(7)19)6-10(18)16-5-8(17)3-9(16)12(20)22-2/h4,8-9,17H,3,5-6H2,1-2H3,(H,14,19,21)/t8-,9+/m1/s1. The lowest BCUT2D eigenvalue weighted by Gasteiger charge is -2.22. The molecule has 22 heavy (non-hydrogen) atoms. The fourth-order valence-electron chi connectivity index (χ4n) is 2.42. The number of aliphatic hydroxyl groups is 1. The lowest BCUT2D eigenvalue weighted by Crippen LogP contribution is -2.44. The summed E-state index contributed by atoms with van der Waals surface area (Å²) in [6.45, 7) is 1.17. The number of H-pyrrole nitrogens is 1. The molecular formula is C13H17N3O6. The van der Waals surface area contributed by atoms with Gasteiger partial charge in [-0.25, -0.2) is 9.59 Å². The SMILES string of the molecule is COC(=O)[C@@H]1C[C@@H](O)CN1C(=O)Cn1cc(C)c(=O)[nH]c1=O. The number of methoxy groups -OCH3 is 1. The molecule has 0 bridgehead atoms. The maximum Gasteiger partial charge on any atom is 0.328 e. The minimum absolute atomic E-state index is 0.00428.